The third-order valence-electron chi connectivity index (χ3n) is 6.51. The minimum absolute atomic E-state index is 0.0980. The van der Waals surface area contributed by atoms with Crippen molar-refractivity contribution in [2.45, 2.75) is 59.0 Å². The summed E-state index contributed by atoms with van der Waals surface area (Å²) >= 11 is 1.77. The predicted molar refractivity (Wildman–Crippen MR) is 103 cm³/mol. The van der Waals surface area contributed by atoms with E-state index in [1.54, 1.807) is 11.3 Å². The lowest BCUT2D eigenvalue weighted by Crippen LogP contribution is -2.40. The van der Waals surface area contributed by atoms with Gasteiger partial charge >= 0.3 is 0 Å². The first-order valence-corrected chi connectivity index (χ1v) is 10.4. The molecule has 4 unspecified atom stereocenters. The van der Waals surface area contributed by atoms with Crippen LogP contribution in [0.15, 0.2) is 23.6 Å². The maximum atomic E-state index is 12.9. The van der Waals surface area contributed by atoms with Gasteiger partial charge in [0.15, 0.2) is 0 Å². The number of nitrogens with one attached hydrogen (secondary N) is 1. The quantitative estimate of drug-likeness (QED) is 0.823. The Bertz CT molecular complexity index is 761. The van der Waals surface area contributed by atoms with Gasteiger partial charge in [0.25, 0.3) is 5.91 Å². The fourth-order valence-electron chi connectivity index (χ4n) is 5.13. The van der Waals surface area contributed by atoms with Crippen LogP contribution >= 0.6 is 11.3 Å². The maximum absolute atomic E-state index is 12.9. The summed E-state index contributed by atoms with van der Waals surface area (Å²) in [6, 6.07) is 6.56. The van der Waals surface area contributed by atoms with E-state index in [4.69, 9.17) is 0 Å². The lowest BCUT2D eigenvalue weighted by Gasteiger charge is -2.28. The van der Waals surface area contributed by atoms with Crippen molar-refractivity contribution in [1.29, 1.82) is 0 Å². The Morgan fingerprint density at radius 2 is 2.20 bits per heavy atom. The molecule has 2 aliphatic carbocycles. The van der Waals surface area contributed by atoms with E-state index in [1.807, 2.05) is 6.07 Å². The highest BCUT2D eigenvalue weighted by atomic mass is 32.1. The molecule has 2 bridgehead atoms. The van der Waals surface area contributed by atoms with E-state index in [2.05, 4.69) is 48.2 Å². The lowest BCUT2D eigenvalue weighted by molar-refractivity contribution is 0.0914. The van der Waals surface area contributed by atoms with Crippen LogP contribution in [0.2, 0.25) is 0 Å². The number of carbonyl (C=O) groups excluding carboxylic acids is 1. The molecule has 4 atom stereocenters. The minimum Gasteiger partial charge on any atom is -0.349 e. The molecule has 2 heterocycles. The summed E-state index contributed by atoms with van der Waals surface area (Å²) in [6.07, 6.45) is 5.47. The summed E-state index contributed by atoms with van der Waals surface area (Å²) in [5.41, 5.74) is 3.07. The van der Waals surface area contributed by atoms with Gasteiger partial charge in [-0.3, -0.25) is 4.79 Å². The zero-order valence-electron chi connectivity index (χ0n) is 15.4. The molecule has 2 aliphatic rings. The molecule has 1 amide bonds. The second-order valence-electron chi connectivity index (χ2n) is 8.05. The first-order chi connectivity index (χ1) is 12.0. The van der Waals surface area contributed by atoms with Gasteiger partial charge in [-0.2, -0.15) is 0 Å². The fourth-order valence-corrected chi connectivity index (χ4v) is 5.82. The van der Waals surface area contributed by atoms with Gasteiger partial charge in [-0.15, -0.1) is 11.3 Å². The number of nitrogens with zero attached hydrogens (tertiary/aromatic N) is 1. The molecule has 1 N–H and O–H groups in total. The normalized spacial score (nSPS) is 26.1. The van der Waals surface area contributed by atoms with Gasteiger partial charge in [0.2, 0.25) is 0 Å². The van der Waals surface area contributed by atoms with Crippen molar-refractivity contribution in [1.82, 2.24) is 9.88 Å². The average molecular weight is 357 g/mol. The van der Waals surface area contributed by atoms with Crippen LogP contribution in [-0.4, -0.2) is 16.5 Å². The van der Waals surface area contributed by atoms with Crippen LogP contribution < -0.4 is 5.32 Å². The molecule has 0 aromatic carbocycles. The van der Waals surface area contributed by atoms with E-state index in [1.165, 1.54) is 30.6 Å². The highest BCUT2D eigenvalue weighted by molar-refractivity contribution is 7.09. The second kappa shape index (κ2) is 6.64. The standard InChI is InChI=1S/C21H28N2OS/c1-13-9-20(15(3)23(13)12-18-5-4-8-25-18)21(24)22-14(2)19-11-16-6-7-17(19)10-16/h4-5,8-9,14,16-17,19H,6-7,10-12H2,1-3H3,(H,22,24). The third kappa shape index (κ3) is 3.17. The molecule has 4 heteroatoms. The topological polar surface area (TPSA) is 34.0 Å². The Hall–Kier alpha value is -1.55. The van der Waals surface area contributed by atoms with Gasteiger partial charge in [0.05, 0.1) is 12.1 Å². The van der Waals surface area contributed by atoms with Gasteiger partial charge in [0, 0.05) is 22.3 Å². The van der Waals surface area contributed by atoms with Crippen molar-refractivity contribution in [3.63, 3.8) is 0 Å². The van der Waals surface area contributed by atoms with Gasteiger partial charge in [-0.05, 0) is 75.3 Å². The van der Waals surface area contributed by atoms with Gasteiger partial charge in [-0.25, -0.2) is 0 Å². The molecule has 2 aromatic rings. The molecule has 2 fully saturated rings. The molecule has 0 saturated heterocycles. The molecule has 2 saturated carbocycles. The Morgan fingerprint density at radius 3 is 2.84 bits per heavy atom. The summed E-state index contributed by atoms with van der Waals surface area (Å²) in [5.74, 6) is 2.54. The number of thiophene rings is 1. The lowest BCUT2D eigenvalue weighted by atomic mass is 9.84. The smallest absolute Gasteiger partial charge is 0.253 e. The van der Waals surface area contributed by atoms with Crippen LogP contribution in [0.1, 0.15) is 59.2 Å². The Morgan fingerprint density at radius 1 is 1.36 bits per heavy atom. The van der Waals surface area contributed by atoms with Crippen LogP contribution in [0.25, 0.3) is 0 Å². The van der Waals surface area contributed by atoms with Gasteiger partial charge < -0.3 is 9.88 Å². The molecular formula is C21H28N2OS. The SMILES string of the molecule is Cc1cc(C(=O)NC(C)C2CC3CCC2C3)c(C)n1Cc1cccs1. The first kappa shape index (κ1) is 16.9. The predicted octanol–water partition coefficient (Wildman–Crippen LogP) is 4.77. The van der Waals surface area contributed by atoms with Gasteiger partial charge in [-0.1, -0.05) is 12.5 Å². The Kier molecular flexibility index (Phi) is 4.48. The molecule has 25 heavy (non-hydrogen) atoms. The van der Waals surface area contributed by atoms with Crippen LogP contribution in [0.3, 0.4) is 0 Å². The maximum Gasteiger partial charge on any atom is 0.253 e. The summed E-state index contributed by atoms with van der Waals surface area (Å²) in [6.45, 7) is 7.22. The number of aryl methyl sites for hydroxylation is 1. The number of carbonyl (C=O) groups is 1. The highest BCUT2D eigenvalue weighted by Crippen LogP contribution is 2.49. The first-order valence-electron chi connectivity index (χ1n) is 9.53. The molecule has 3 nitrogen and oxygen atoms in total. The van der Waals surface area contributed by atoms with E-state index in [-0.39, 0.29) is 11.9 Å². The molecule has 134 valence electrons. The van der Waals surface area contributed by atoms with Crippen molar-refractivity contribution in [2.75, 3.05) is 0 Å². The molecule has 2 aromatic heterocycles. The van der Waals surface area contributed by atoms with Crippen LogP contribution in [0, 0.1) is 31.6 Å². The monoisotopic (exact) mass is 356 g/mol. The minimum atomic E-state index is 0.0980. The number of rotatable bonds is 5. The van der Waals surface area contributed by atoms with E-state index in [0.717, 1.165) is 35.3 Å². The van der Waals surface area contributed by atoms with Crippen molar-refractivity contribution >= 4 is 17.2 Å². The summed E-state index contributed by atoms with van der Waals surface area (Å²) in [7, 11) is 0. The summed E-state index contributed by atoms with van der Waals surface area (Å²) in [4.78, 5) is 14.2. The molecule has 0 aliphatic heterocycles. The second-order valence-corrected chi connectivity index (χ2v) is 9.08. The Labute approximate surface area is 154 Å². The van der Waals surface area contributed by atoms with Crippen molar-refractivity contribution < 1.29 is 4.79 Å². The molecule has 4 rings (SSSR count). The summed E-state index contributed by atoms with van der Waals surface area (Å²) in [5, 5.41) is 5.42. The largest absolute Gasteiger partial charge is 0.349 e. The zero-order chi connectivity index (χ0) is 17.6. The van der Waals surface area contributed by atoms with Crippen LogP contribution in [0.4, 0.5) is 0 Å². The molecule has 0 radical (unpaired) electrons. The highest BCUT2D eigenvalue weighted by Gasteiger charge is 2.42. The Balaban J connectivity index is 1.47. The molecule has 0 spiro atoms. The van der Waals surface area contributed by atoms with Crippen molar-refractivity contribution in [3.8, 4) is 0 Å². The van der Waals surface area contributed by atoms with E-state index in [0.29, 0.717) is 5.92 Å². The average Bonchev–Trinajstić information content (AvgIpc) is 3.36. The fraction of sp³-hybridized carbons (Fsp3) is 0.571. The number of fused-ring (bicyclic) bond motifs is 2. The third-order valence-corrected chi connectivity index (χ3v) is 7.37. The number of hydrogen-bond acceptors (Lipinski definition) is 2. The van der Waals surface area contributed by atoms with E-state index in [9.17, 15) is 4.79 Å². The number of amides is 1. The van der Waals surface area contributed by atoms with Crippen LogP contribution in [-0.2, 0) is 6.54 Å². The summed E-state index contributed by atoms with van der Waals surface area (Å²) < 4.78 is 2.25. The van der Waals surface area contributed by atoms with E-state index >= 15 is 0 Å². The molecular weight excluding hydrogens is 328 g/mol. The van der Waals surface area contributed by atoms with Crippen molar-refractivity contribution in [3.05, 3.63) is 45.4 Å². The van der Waals surface area contributed by atoms with Crippen LogP contribution in [0.5, 0.6) is 0 Å². The number of hydrogen-bond donors (Lipinski definition) is 1. The van der Waals surface area contributed by atoms with Gasteiger partial charge in [0.1, 0.15) is 0 Å². The van der Waals surface area contributed by atoms with Crippen molar-refractivity contribution in [2.24, 2.45) is 17.8 Å². The zero-order valence-corrected chi connectivity index (χ0v) is 16.2. The number of aromatic nitrogens is 1. The van der Waals surface area contributed by atoms with E-state index < -0.39 is 0 Å².